The van der Waals surface area contributed by atoms with Crippen molar-refractivity contribution in [2.75, 3.05) is 0 Å². The van der Waals surface area contributed by atoms with Crippen molar-refractivity contribution in [2.45, 2.75) is 13.5 Å². The van der Waals surface area contributed by atoms with Crippen molar-refractivity contribution in [3.05, 3.63) is 88.1 Å². The Kier molecular flexibility index (Phi) is 3.69. The Labute approximate surface area is 143 Å². The van der Waals surface area contributed by atoms with Gasteiger partial charge in [0.15, 0.2) is 0 Å². The van der Waals surface area contributed by atoms with Crippen LogP contribution in [0.15, 0.2) is 65.5 Å². The highest BCUT2D eigenvalue weighted by Gasteiger charge is 2.14. The first-order valence-electron chi connectivity index (χ1n) is 8.02. The Balaban J connectivity index is 1.84. The summed E-state index contributed by atoms with van der Waals surface area (Å²) in [6.07, 6.45) is 0. The second kappa shape index (κ2) is 6.02. The molecule has 4 aromatic rings. The summed E-state index contributed by atoms with van der Waals surface area (Å²) in [6.45, 7) is 2.31. The molecule has 1 N–H and O–H groups in total. The first kappa shape index (κ1) is 15.3. The Hall–Kier alpha value is -3.21. The fraction of sp³-hybridized carbons (Fsp3) is 0.100. The molecule has 25 heavy (non-hydrogen) atoms. The summed E-state index contributed by atoms with van der Waals surface area (Å²) in [5.74, 6) is -0.301. The molecule has 4 nitrogen and oxygen atoms in total. The number of nitrogens with one attached hydrogen (secondary N) is 1. The predicted molar refractivity (Wildman–Crippen MR) is 96.0 cm³/mol. The maximum atomic E-state index is 13.7. The second-order valence-electron chi connectivity index (χ2n) is 6.01. The quantitative estimate of drug-likeness (QED) is 0.618. The van der Waals surface area contributed by atoms with Crippen molar-refractivity contribution in [3.63, 3.8) is 0 Å². The average molecular weight is 333 g/mol. The fourth-order valence-corrected chi connectivity index (χ4v) is 3.08. The Morgan fingerprint density at radius 3 is 2.68 bits per heavy atom. The number of halogens is 1. The minimum atomic E-state index is -0.301. The summed E-state index contributed by atoms with van der Waals surface area (Å²) in [5, 5.41) is 5.27. The standard InChI is InChI=1S/C20H16FN3O/c1-13-20(16-11-15(21)7-8-17(16)22-13)18-9-10-19(25)24(23-18)12-14-5-3-2-4-6-14/h2-11,22H,12H2,1H3. The zero-order chi connectivity index (χ0) is 17.4. The molecule has 0 aliphatic rings. The second-order valence-corrected chi connectivity index (χ2v) is 6.01. The third kappa shape index (κ3) is 2.85. The molecule has 0 aliphatic heterocycles. The number of fused-ring (bicyclic) bond motifs is 1. The third-order valence-electron chi connectivity index (χ3n) is 4.25. The number of hydrogen-bond acceptors (Lipinski definition) is 2. The summed E-state index contributed by atoms with van der Waals surface area (Å²) in [5.41, 5.74) is 4.02. The number of rotatable bonds is 3. The van der Waals surface area contributed by atoms with Crippen molar-refractivity contribution in [3.8, 4) is 11.3 Å². The van der Waals surface area contributed by atoms with Crippen molar-refractivity contribution < 1.29 is 4.39 Å². The van der Waals surface area contributed by atoms with Crippen LogP contribution in [-0.4, -0.2) is 14.8 Å². The van der Waals surface area contributed by atoms with Crippen LogP contribution in [0.3, 0.4) is 0 Å². The highest BCUT2D eigenvalue weighted by Crippen LogP contribution is 2.30. The zero-order valence-electron chi connectivity index (χ0n) is 13.7. The van der Waals surface area contributed by atoms with Crippen LogP contribution in [0.4, 0.5) is 4.39 Å². The molecule has 124 valence electrons. The maximum Gasteiger partial charge on any atom is 0.267 e. The molecule has 4 rings (SSSR count). The van der Waals surface area contributed by atoms with E-state index in [1.54, 1.807) is 12.1 Å². The Bertz CT molecular complexity index is 1110. The first-order chi connectivity index (χ1) is 12.1. The van der Waals surface area contributed by atoms with E-state index in [-0.39, 0.29) is 11.4 Å². The lowest BCUT2D eigenvalue weighted by Crippen LogP contribution is -2.22. The molecule has 2 heterocycles. The van der Waals surface area contributed by atoms with E-state index in [0.717, 1.165) is 27.7 Å². The van der Waals surface area contributed by atoms with Crippen LogP contribution in [0.5, 0.6) is 0 Å². The maximum absolute atomic E-state index is 13.7. The molecule has 0 bridgehead atoms. The van der Waals surface area contributed by atoms with Gasteiger partial charge in [0.05, 0.1) is 12.2 Å². The fourth-order valence-electron chi connectivity index (χ4n) is 3.08. The molecule has 0 unspecified atom stereocenters. The smallest absolute Gasteiger partial charge is 0.267 e. The number of benzene rings is 2. The van der Waals surface area contributed by atoms with E-state index in [4.69, 9.17) is 0 Å². The molecule has 5 heteroatoms. The SMILES string of the molecule is Cc1[nH]c2ccc(F)cc2c1-c1ccc(=O)n(Cc2ccccc2)n1. The van der Waals surface area contributed by atoms with Crippen molar-refractivity contribution in [2.24, 2.45) is 0 Å². The minimum Gasteiger partial charge on any atom is -0.358 e. The molecule has 0 saturated heterocycles. The molecule has 0 aliphatic carbocycles. The van der Waals surface area contributed by atoms with Crippen LogP contribution < -0.4 is 5.56 Å². The molecule has 0 fully saturated rings. The Morgan fingerprint density at radius 1 is 1.08 bits per heavy atom. The first-order valence-corrected chi connectivity index (χ1v) is 8.02. The highest BCUT2D eigenvalue weighted by atomic mass is 19.1. The van der Waals surface area contributed by atoms with E-state index in [2.05, 4.69) is 10.1 Å². The van der Waals surface area contributed by atoms with Crippen LogP contribution >= 0.6 is 0 Å². The molecule has 2 aromatic heterocycles. The molecule has 0 saturated carbocycles. The molecule has 0 radical (unpaired) electrons. The van der Waals surface area contributed by atoms with E-state index in [1.165, 1.54) is 22.9 Å². The molecule has 2 aromatic carbocycles. The summed E-state index contributed by atoms with van der Waals surface area (Å²) in [4.78, 5) is 15.4. The number of aromatic nitrogens is 3. The highest BCUT2D eigenvalue weighted by molar-refractivity contribution is 5.96. The van der Waals surface area contributed by atoms with Gasteiger partial charge in [0.2, 0.25) is 0 Å². The lowest BCUT2D eigenvalue weighted by atomic mass is 10.1. The summed E-state index contributed by atoms with van der Waals surface area (Å²) in [7, 11) is 0. The van der Waals surface area contributed by atoms with Gasteiger partial charge in [-0.05, 0) is 36.8 Å². The average Bonchev–Trinajstić information content (AvgIpc) is 2.93. The van der Waals surface area contributed by atoms with Gasteiger partial charge in [0.1, 0.15) is 5.82 Å². The molecule has 0 spiro atoms. The number of nitrogens with zero attached hydrogens (tertiary/aromatic N) is 2. The van der Waals surface area contributed by atoms with Gasteiger partial charge in [0, 0.05) is 28.2 Å². The van der Waals surface area contributed by atoms with Gasteiger partial charge in [-0.3, -0.25) is 4.79 Å². The van der Waals surface area contributed by atoms with Gasteiger partial charge < -0.3 is 4.98 Å². The largest absolute Gasteiger partial charge is 0.358 e. The lowest BCUT2D eigenvalue weighted by Gasteiger charge is -2.08. The number of hydrogen-bond donors (Lipinski definition) is 1. The molecular formula is C20H16FN3O. The minimum absolute atomic E-state index is 0.170. The normalized spacial score (nSPS) is 11.1. The molecule has 0 atom stereocenters. The van der Waals surface area contributed by atoms with E-state index in [1.807, 2.05) is 37.3 Å². The van der Waals surface area contributed by atoms with Gasteiger partial charge in [-0.25, -0.2) is 9.07 Å². The van der Waals surface area contributed by atoms with E-state index >= 15 is 0 Å². The molecule has 0 amide bonds. The van der Waals surface area contributed by atoms with E-state index < -0.39 is 0 Å². The topological polar surface area (TPSA) is 50.7 Å². The van der Waals surface area contributed by atoms with Crippen LogP contribution in [-0.2, 0) is 6.54 Å². The summed E-state index contributed by atoms with van der Waals surface area (Å²) in [6, 6.07) is 17.5. The van der Waals surface area contributed by atoms with Gasteiger partial charge in [-0.1, -0.05) is 30.3 Å². The number of H-pyrrole nitrogens is 1. The molecular weight excluding hydrogens is 317 g/mol. The van der Waals surface area contributed by atoms with Gasteiger partial charge in [-0.15, -0.1) is 0 Å². The lowest BCUT2D eigenvalue weighted by molar-refractivity contribution is 0.629. The third-order valence-corrected chi connectivity index (χ3v) is 4.25. The van der Waals surface area contributed by atoms with Gasteiger partial charge in [-0.2, -0.15) is 5.10 Å². The van der Waals surface area contributed by atoms with E-state index in [0.29, 0.717) is 12.2 Å². The summed E-state index contributed by atoms with van der Waals surface area (Å²) >= 11 is 0. The zero-order valence-corrected chi connectivity index (χ0v) is 13.7. The monoisotopic (exact) mass is 333 g/mol. The van der Waals surface area contributed by atoms with Crippen LogP contribution in [0, 0.1) is 12.7 Å². The van der Waals surface area contributed by atoms with Crippen molar-refractivity contribution >= 4 is 10.9 Å². The van der Waals surface area contributed by atoms with Gasteiger partial charge in [0.25, 0.3) is 5.56 Å². The van der Waals surface area contributed by atoms with Crippen LogP contribution in [0.1, 0.15) is 11.3 Å². The van der Waals surface area contributed by atoms with Crippen LogP contribution in [0.2, 0.25) is 0 Å². The van der Waals surface area contributed by atoms with E-state index in [9.17, 15) is 9.18 Å². The van der Waals surface area contributed by atoms with Gasteiger partial charge >= 0.3 is 0 Å². The van der Waals surface area contributed by atoms with Crippen molar-refractivity contribution in [1.82, 2.24) is 14.8 Å². The van der Waals surface area contributed by atoms with Crippen LogP contribution in [0.25, 0.3) is 22.2 Å². The number of aromatic amines is 1. The predicted octanol–water partition coefficient (Wildman–Crippen LogP) is 3.89. The number of aryl methyl sites for hydroxylation is 1. The Morgan fingerprint density at radius 2 is 1.88 bits per heavy atom. The summed E-state index contributed by atoms with van der Waals surface area (Å²) < 4.78 is 15.1. The van der Waals surface area contributed by atoms with Crippen molar-refractivity contribution in [1.29, 1.82) is 0 Å².